The fraction of sp³-hybridized carbons (Fsp3) is 0.647. The molecule has 0 amide bonds. The monoisotopic (exact) mass is 278 g/mol. The first kappa shape index (κ1) is 15.5. The van der Waals surface area contributed by atoms with Crippen molar-refractivity contribution in [2.75, 3.05) is 13.1 Å². The Balaban J connectivity index is 2.20. The van der Waals surface area contributed by atoms with E-state index in [1.165, 1.54) is 6.07 Å². The topological polar surface area (TPSA) is 15.3 Å². The van der Waals surface area contributed by atoms with E-state index in [9.17, 15) is 4.39 Å². The van der Waals surface area contributed by atoms with Crippen molar-refractivity contribution >= 4 is 0 Å². The van der Waals surface area contributed by atoms with Crippen LogP contribution >= 0.6 is 0 Å². The Morgan fingerprint density at radius 1 is 1.25 bits per heavy atom. The van der Waals surface area contributed by atoms with Crippen LogP contribution in [0.3, 0.4) is 0 Å². The number of hydrogen-bond donors (Lipinski definition) is 1. The molecule has 0 bridgehead atoms. The quantitative estimate of drug-likeness (QED) is 0.906. The van der Waals surface area contributed by atoms with Gasteiger partial charge in [0.2, 0.25) is 0 Å². The molecule has 2 atom stereocenters. The van der Waals surface area contributed by atoms with E-state index in [0.717, 1.165) is 38.0 Å². The average molecular weight is 278 g/mol. The van der Waals surface area contributed by atoms with Crippen molar-refractivity contribution in [3.63, 3.8) is 0 Å². The third kappa shape index (κ3) is 3.21. The van der Waals surface area contributed by atoms with Crippen LogP contribution in [-0.2, 0) is 6.54 Å². The van der Waals surface area contributed by atoms with Crippen molar-refractivity contribution in [3.05, 3.63) is 35.6 Å². The van der Waals surface area contributed by atoms with Gasteiger partial charge in [0.1, 0.15) is 5.82 Å². The Bertz CT molecular complexity index is 462. The lowest BCUT2D eigenvalue weighted by Gasteiger charge is -2.52. The summed E-state index contributed by atoms with van der Waals surface area (Å²) in [6, 6.07) is 6.98. The van der Waals surface area contributed by atoms with Gasteiger partial charge in [-0.3, -0.25) is 4.90 Å². The summed E-state index contributed by atoms with van der Waals surface area (Å²) in [6.45, 7) is 11.8. The van der Waals surface area contributed by atoms with E-state index in [1.807, 2.05) is 6.07 Å². The highest BCUT2D eigenvalue weighted by Gasteiger charge is 2.40. The molecule has 2 nitrogen and oxygen atoms in total. The zero-order valence-corrected chi connectivity index (χ0v) is 13.2. The first-order valence-electron chi connectivity index (χ1n) is 7.65. The number of nitrogens with zero attached hydrogens (tertiary/aromatic N) is 1. The highest BCUT2D eigenvalue weighted by molar-refractivity contribution is 5.17. The minimum absolute atomic E-state index is 0.140. The lowest BCUT2D eigenvalue weighted by molar-refractivity contribution is 0.0104. The number of halogens is 1. The molecule has 1 aromatic carbocycles. The van der Waals surface area contributed by atoms with Crippen LogP contribution in [0.1, 0.15) is 46.1 Å². The second-order valence-corrected chi connectivity index (χ2v) is 6.60. The fourth-order valence-corrected chi connectivity index (χ4v) is 2.87. The molecule has 2 rings (SSSR count). The van der Waals surface area contributed by atoms with Crippen LogP contribution in [0.4, 0.5) is 4.39 Å². The maximum absolute atomic E-state index is 13.4. The molecule has 0 spiro atoms. The minimum atomic E-state index is -0.144. The molecule has 1 aromatic rings. The van der Waals surface area contributed by atoms with Crippen LogP contribution in [-0.4, -0.2) is 29.1 Å². The van der Waals surface area contributed by atoms with Crippen LogP contribution in [0.5, 0.6) is 0 Å². The summed E-state index contributed by atoms with van der Waals surface area (Å²) < 4.78 is 13.4. The van der Waals surface area contributed by atoms with Gasteiger partial charge in [-0.25, -0.2) is 4.39 Å². The number of benzene rings is 1. The Labute approximate surface area is 122 Å². The third-order valence-corrected chi connectivity index (χ3v) is 5.00. The first-order chi connectivity index (χ1) is 9.41. The second-order valence-electron chi connectivity index (χ2n) is 6.60. The van der Waals surface area contributed by atoms with E-state index in [0.29, 0.717) is 0 Å². The Morgan fingerprint density at radius 3 is 2.60 bits per heavy atom. The molecule has 1 aliphatic rings. The van der Waals surface area contributed by atoms with Crippen molar-refractivity contribution in [1.29, 1.82) is 0 Å². The summed E-state index contributed by atoms with van der Waals surface area (Å²) in [4.78, 5) is 2.52. The molecule has 1 fully saturated rings. The molecule has 1 heterocycles. The van der Waals surface area contributed by atoms with E-state index >= 15 is 0 Å². The minimum Gasteiger partial charge on any atom is -0.308 e. The number of hydrogen-bond acceptors (Lipinski definition) is 2. The van der Waals surface area contributed by atoms with E-state index in [-0.39, 0.29) is 16.9 Å². The maximum atomic E-state index is 13.4. The molecular weight excluding hydrogens is 251 g/mol. The van der Waals surface area contributed by atoms with Crippen LogP contribution in [0.25, 0.3) is 0 Å². The van der Waals surface area contributed by atoms with Crippen molar-refractivity contribution in [3.8, 4) is 0 Å². The largest absolute Gasteiger partial charge is 0.308 e. The van der Waals surface area contributed by atoms with Gasteiger partial charge in [-0.15, -0.1) is 0 Å². The zero-order chi connectivity index (χ0) is 14.8. The third-order valence-electron chi connectivity index (χ3n) is 5.00. The van der Waals surface area contributed by atoms with E-state index in [1.54, 1.807) is 12.1 Å². The molecule has 112 valence electrons. The normalized spacial score (nSPS) is 31.4. The lowest BCUT2D eigenvalue weighted by atomic mass is 9.85. The summed E-state index contributed by atoms with van der Waals surface area (Å²) in [5.74, 6) is -0.144. The molecule has 0 saturated carbocycles. The number of rotatable bonds is 4. The zero-order valence-electron chi connectivity index (χ0n) is 13.2. The van der Waals surface area contributed by atoms with Gasteiger partial charge in [0.15, 0.2) is 0 Å². The van der Waals surface area contributed by atoms with Gasteiger partial charge in [0.05, 0.1) is 0 Å². The molecule has 0 radical (unpaired) electrons. The second kappa shape index (κ2) is 5.82. The lowest BCUT2D eigenvalue weighted by Crippen LogP contribution is -2.67. The van der Waals surface area contributed by atoms with Crippen LogP contribution in [0.15, 0.2) is 24.3 Å². The Hall–Kier alpha value is -0.930. The molecule has 2 unspecified atom stereocenters. The van der Waals surface area contributed by atoms with E-state index in [2.05, 4.69) is 37.9 Å². The van der Waals surface area contributed by atoms with Gasteiger partial charge in [0, 0.05) is 30.7 Å². The van der Waals surface area contributed by atoms with Crippen molar-refractivity contribution in [2.24, 2.45) is 0 Å². The average Bonchev–Trinajstić information content (AvgIpc) is 2.43. The van der Waals surface area contributed by atoms with Crippen LogP contribution in [0, 0.1) is 5.82 Å². The standard InChI is InChI=1S/C17H27FN2/c1-5-16(3)13-20(17(4,6-2)12-19-16)11-14-8-7-9-15(18)10-14/h7-10,19H,5-6,11-13H2,1-4H3. The summed E-state index contributed by atoms with van der Waals surface area (Å²) in [6.07, 6.45) is 2.20. The fourth-order valence-electron chi connectivity index (χ4n) is 2.87. The first-order valence-corrected chi connectivity index (χ1v) is 7.65. The Kier molecular flexibility index (Phi) is 4.50. The number of nitrogens with one attached hydrogen (secondary N) is 1. The van der Waals surface area contributed by atoms with Gasteiger partial charge in [-0.2, -0.15) is 0 Å². The van der Waals surface area contributed by atoms with Crippen molar-refractivity contribution in [2.45, 2.75) is 58.2 Å². The molecule has 20 heavy (non-hydrogen) atoms. The highest BCUT2D eigenvalue weighted by Crippen LogP contribution is 2.29. The van der Waals surface area contributed by atoms with Gasteiger partial charge in [-0.1, -0.05) is 26.0 Å². The van der Waals surface area contributed by atoms with Gasteiger partial charge >= 0.3 is 0 Å². The predicted octanol–water partition coefficient (Wildman–Crippen LogP) is 3.57. The maximum Gasteiger partial charge on any atom is 0.123 e. The van der Waals surface area contributed by atoms with Gasteiger partial charge < -0.3 is 5.32 Å². The predicted molar refractivity (Wildman–Crippen MR) is 82.2 cm³/mol. The molecule has 0 aromatic heterocycles. The summed E-state index contributed by atoms with van der Waals surface area (Å²) in [5.41, 5.74) is 1.35. The van der Waals surface area contributed by atoms with Crippen LogP contribution in [0.2, 0.25) is 0 Å². The SMILES string of the molecule is CCC1(C)CN(Cc2cccc(F)c2)C(C)(CC)CN1. The molecule has 1 saturated heterocycles. The molecule has 3 heteroatoms. The van der Waals surface area contributed by atoms with Gasteiger partial charge in [0.25, 0.3) is 0 Å². The smallest absolute Gasteiger partial charge is 0.123 e. The Morgan fingerprint density at radius 2 is 2.00 bits per heavy atom. The summed E-state index contributed by atoms with van der Waals surface area (Å²) in [7, 11) is 0. The molecule has 0 aliphatic carbocycles. The summed E-state index contributed by atoms with van der Waals surface area (Å²) in [5, 5.41) is 3.70. The van der Waals surface area contributed by atoms with Crippen LogP contribution < -0.4 is 5.32 Å². The van der Waals surface area contributed by atoms with Gasteiger partial charge in [-0.05, 0) is 44.4 Å². The van der Waals surface area contributed by atoms with Crippen molar-refractivity contribution in [1.82, 2.24) is 10.2 Å². The van der Waals surface area contributed by atoms with E-state index in [4.69, 9.17) is 0 Å². The molecular formula is C17H27FN2. The molecule has 1 N–H and O–H groups in total. The van der Waals surface area contributed by atoms with Crippen molar-refractivity contribution < 1.29 is 4.39 Å². The highest BCUT2D eigenvalue weighted by atomic mass is 19.1. The number of piperazine rings is 1. The van der Waals surface area contributed by atoms with E-state index < -0.39 is 0 Å². The summed E-state index contributed by atoms with van der Waals surface area (Å²) >= 11 is 0. The molecule has 1 aliphatic heterocycles.